The Morgan fingerprint density at radius 1 is 1.33 bits per heavy atom. The van der Waals surface area contributed by atoms with Crippen molar-refractivity contribution in [3.8, 4) is 5.75 Å². The quantitative estimate of drug-likeness (QED) is 0.583. The van der Waals surface area contributed by atoms with E-state index in [0.717, 1.165) is 6.08 Å². The molecule has 0 unspecified atom stereocenters. The van der Waals surface area contributed by atoms with Gasteiger partial charge in [0, 0.05) is 11.6 Å². The summed E-state index contributed by atoms with van der Waals surface area (Å²) in [7, 11) is 0. The van der Waals surface area contributed by atoms with Crippen molar-refractivity contribution in [2.45, 2.75) is 6.92 Å². The van der Waals surface area contributed by atoms with E-state index in [1.807, 2.05) is 0 Å². The molecule has 0 saturated heterocycles. The first kappa shape index (κ1) is 11.0. The largest absolute Gasteiger partial charge is 0.508 e. The molecule has 0 radical (unpaired) electrons. The highest BCUT2D eigenvalue weighted by molar-refractivity contribution is 5.99. The predicted molar refractivity (Wildman–Crippen MR) is 54.8 cm³/mol. The third-order valence-electron chi connectivity index (χ3n) is 1.82. The van der Waals surface area contributed by atoms with Gasteiger partial charge in [0.2, 0.25) is 0 Å². The topological polar surface area (TPSA) is 74.6 Å². The van der Waals surface area contributed by atoms with Gasteiger partial charge >= 0.3 is 5.97 Å². The number of aliphatic carboxylic acids is 1. The fourth-order valence-corrected chi connectivity index (χ4v) is 1.16. The molecule has 0 spiro atoms. The molecule has 0 bridgehead atoms. The van der Waals surface area contributed by atoms with Crippen LogP contribution in [-0.2, 0) is 4.79 Å². The van der Waals surface area contributed by atoms with Crippen LogP contribution in [-0.4, -0.2) is 22.0 Å². The molecule has 4 heteroatoms. The number of carbonyl (C=O) groups is 2. The van der Waals surface area contributed by atoms with Crippen molar-refractivity contribution < 1.29 is 19.8 Å². The molecule has 1 aromatic rings. The van der Waals surface area contributed by atoms with Crippen LogP contribution in [0.1, 0.15) is 22.8 Å². The molecule has 0 amide bonds. The summed E-state index contributed by atoms with van der Waals surface area (Å²) in [6.07, 6.45) is 2.26. The van der Waals surface area contributed by atoms with Crippen molar-refractivity contribution in [3.05, 3.63) is 35.4 Å². The molecule has 78 valence electrons. The van der Waals surface area contributed by atoms with Crippen molar-refractivity contribution in [3.63, 3.8) is 0 Å². The fraction of sp³-hybridized carbons (Fsp3) is 0.0909. The van der Waals surface area contributed by atoms with Gasteiger partial charge in [0.1, 0.15) is 5.75 Å². The molecule has 0 aliphatic rings. The van der Waals surface area contributed by atoms with E-state index in [-0.39, 0.29) is 11.5 Å². The SMILES string of the molecule is CC(=O)c1cc(O)ccc1C=CC(=O)O. The molecule has 0 fully saturated rings. The molecular weight excluding hydrogens is 196 g/mol. The number of Topliss-reactive ketones (excluding diaryl/α,β-unsaturated/α-hetero) is 1. The number of carboxylic acids is 1. The maximum absolute atomic E-state index is 11.2. The van der Waals surface area contributed by atoms with Gasteiger partial charge in [0.25, 0.3) is 0 Å². The summed E-state index contributed by atoms with van der Waals surface area (Å²) >= 11 is 0. The molecule has 15 heavy (non-hydrogen) atoms. The van der Waals surface area contributed by atoms with Crippen LogP contribution >= 0.6 is 0 Å². The zero-order valence-corrected chi connectivity index (χ0v) is 8.10. The average Bonchev–Trinajstić information content (AvgIpc) is 2.15. The summed E-state index contributed by atoms with van der Waals surface area (Å²) in [6.45, 7) is 1.35. The summed E-state index contributed by atoms with van der Waals surface area (Å²) in [4.78, 5) is 21.5. The summed E-state index contributed by atoms with van der Waals surface area (Å²) in [5, 5.41) is 17.6. The van der Waals surface area contributed by atoms with Gasteiger partial charge in [-0.25, -0.2) is 4.79 Å². The zero-order chi connectivity index (χ0) is 11.4. The highest BCUT2D eigenvalue weighted by atomic mass is 16.4. The number of carboxylic acid groups (broad SMARTS) is 1. The summed E-state index contributed by atoms with van der Waals surface area (Å²) < 4.78 is 0. The van der Waals surface area contributed by atoms with Crippen molar-refractivity contribution in [1.82, 2.24) is 0 Å². The lowest BCUT2D eigenvalue weighted by Crippen LogP contribution is -1.96. The van der Waals surface area contributed by atoms with Crippen LogP contribution in [0.15, 0.2) is 24.3 Å². The van der Waals surface area contributed by atoms with Crippen molar-refractivity contribution in [2.24, 2.45) is 0 Å². The van der Waals surface area contributed by atoms with E-state index in [0.29, 0.717) is 11.1 Å². The second-order valence-corrected chi connectivity index (χ2v) is 3.00. The smallest absolute Gasteiger partial charge is 0.328 e. The molecule has 1 rings (SSSR count). The first-order valence-electron chi connectivity index (χ1n) is 4.25. The summed E-state index contributed by atoms with van der Waals surface area (Å²) in [6, 6.07) is 4.20. The number of aromatic hydroxyl groups is 1. The van der Waals surface area contributed by atoms with Crippen LogP contribution in [0.4, 0.5) is 0 Å². The number of hydrogen-bond donors (Lipinski definition) is 2. The Balaban J connectivity index is 3.17. The van der Waals surface area contributed by atoms with Gasteiger partial charge < -0.3 is 10.2 Å². The van der Waals surface area contributed by atoms with E-state index in [2.05, 4.69) is 0 Å². The Morgan fingerprint density at radius 3 is 2.53 bits per heavy atom. The van der Waals surface area contributed by atoms with Crippen LogP contribution in [0.5, 0.6) is 5.75 Å². The Morgan fingerprint density at radius 2 is 2.00 bits per heavy atom. The minimum absolute atomic E-state index is 0.0207. The van der Waals surface area contributed by atoms with Crippen LogP contribution < -0.4 is 0 Å². The first-order valence-corrected chi connectivity index (χ1v) is 4.25. The molecular formula is C11H10O4. The average molecular weight is 206 g/mol. The van der Waals surface area contributed by atoms with Gasteiger partial charge in [-0.15, -0.1) is 0 Å². The molecule has 0 aromatic heterocycles. The third kappa shape index (κ3) is 2.95. The molecule has 1 aromatic carbocycles. The second-order valence-electron chi connectivity index (χ2n) is 3.00. The fourth-order valence-electron chi connectivity index (χ4n) is 1.16. The number of phenolic OH excluding ortho intramolecular Hbond substituents is 1. The second kappa shape index (κ2) is 4.41. The number of benzene rings is 1. The molecule has 0 saturated carbocycles. The van der Waals surface area contributed by atoms with Gasteiger partial charge in [-0.3, -0.25) is 4.79 Å². The minimum atomic E-state index is -1.09. The number of carbonyl (C=O) groups excluding carboxylic acids is 1. The molecule has 0 atom stereocenters. The van der Waals surface area contributed by atoms with Crippen LogP contribution in [0.2, 0.25) is 0 Å². The van der Waals surface area contributed by atoms with Gasteiger partial charge in [-0.1, -0.05) is 6.07 Å². The van der Waals surface area contributed by atoms with E-state index in [4.69, 9.17) is 5.11 Å². The Kier molecular flexibility index (Phi) is 3.23. The summed E-state index contributed by atoms with van der Waals surface area (Å²) in [5.74, 6) is -1.33. The number of phenols is 1. The highest BCUT2D eigenvalue weighted by Crippen LogP contribution is 2.18. The molecule has 0 heterocycles. The standard InChI is InChI=1S/C11H10O4/c1-7(12)10-6-9(13)4-2-8(10)3-5-11(14)15/h2-6,13H,1H3,(H,14,15). The van der Waals surface area contributed by atoms with Gasteiger partial charge in [0.05, 0.1) is 0 Å². The highest BCUT2D eigenvalue weighted by Gasteiger charge is 2.06. The van der Waals surface area contributed by atoms with Crippen LogP contribution in [0.3, 0.4) is 0 Å². The maximum Gasteiger partial charge on any atom is 0.328 e. The van der Waals surface area contributed by atoms with Gasteiger partial charge in [-0.2, -0.15) is 0 Å². The lowest BCUT2D eigenvalue weighted by atomic mass is 10.0. The lowest BCUT2D eigenvalue weighted by Gasteiger charge is -2.02. The summed E-state index contributed by atoms with van der Waals surface area (Å²) in [5.41, 5.74) is 0.773. The normalized spacial score (nSPS) is 10.5. The lowest BCUT2D eigenvalue weighted by molar-refractivity contribution is -0.131. The van der Waals surface area contributed by atoms with Crippen molar-refractivity contribution in [2.75, 3.05) is 0 Å². The Labute approximate surface area is 86.5 Å². The van der Waals surface area contributed by atoms with Crippen LogP contribution in [0, 0.1) is 0 Å². The Bertz CT molecular complexity index is 432. The van der Waals surface area contributed by atoms with E-state index in [1.54, 1.807) is 0 Å². The molecule has 0 aliphatic heterocycles. The van der Waals surface area contributed by atoms with E-state index < -0.39 is 5.97 Å². The van der Waals surface area contributed by atoms with Gasteiger partial charge in [-0.05, 0) is 30.7 Å². The molecule has 4 nitrogen and oxygen atoms in total. The van der Waals surface area contributed by atoms with Crippen molar-refractivity contribution >= 4 is 17.8 Å². The van der Waals surface area contributed by atoms with E-state index in [9.17, 15) is 14.7 Å². The first-order chi connectivity index (χ1) is 7.00. The van der Waals surface area contributed by atoms with E-state index >= 15 is 0 Å². The number of ketones is 1. The zero-order valence-electron chi connectivity index (χ0n) is 8.10. The molecule has 0 aliphatic carbocycles. The van der Waals surface area contributed by atoms with Gasteiger partial charge in [0.15, 0.2) is 5.78 Å². The van der Waals surface area contributed by atoms with Crippen molar-refractivity contribution in [1.29, 1.82) is 0 Å². The monoisotopic (exact) mass is 206 g/mol. The maximum atomic E-state index is 11.2. The number of hydrogen-bond acceptors (Lipinski definition) is 3. The van der Waals surface area contributed by atoms with Crippen LogP contribution in [0.25, 0.3) is 6.08 Å². The number of rotatable bonds is 3. The predicted octanol–water partition coefficient (Wildman–Crippen LogP) is 1.69. The third-order valence-corrected chi connectivity index (χ3v) is 1.82. The Hall–Kier alpha value is -2.10. The van der Waals surface area contributed by atoms with E-state index in [1.165, 1.54) is 31.2 Å². The molecule has 2 N–H and O–H groups in total. The minimum Gasteiger partial charge on any atom is -0.508 e.